The summed E-state index contributed by atoms with van der Waals surface area (Å²) in [6.45, 7) is 2.73. The van der Waals surface area contributed by atoms with E-state index in [4.69, 9.17) is 4.84 Å². The van der Waals surface area contributed by atoms with Gasteiger partial charge in [-0.15, -0.1) is 0 Å². The minimum Gasteiger partial charge on any atom is -0.301 e. The average Bonchev–Trinajstić information content (AvgIpc) is 3.19. The number of amides is 2. The van der Waals surface area contributed by atoms with E-state index < -0.39 is 27.6 Å². The van der Waals surface area contributed by atoms with Crippen molar-refractivity contribution >= 4 is 21.8 Å². The Labute approximate surface area is 146 Å². The average molecular weight is 367 g/mol. The molecule has 3 rings (SSSR count). The molecule has 1 saturated heterocycles. The molecule has 0 radical (unpaired) electrons. The second kappa shape index (κ2) is 7.61. The molecule has 0 aromatic heterocycles. The van der Waals surface area contributed by atoms with Crippen LogP contribution in [0.3, 0.4) is 0 Å². The van der Waals surface area contributed by atoms with Crippen LogP contribution in [0.15, 0.2) is 24.3 Å². The number of imide groups is 1. The van der Waals surface area contributed by atoms with E-state index in [1.165, 1.54) is 0 Å². The van der Waals surface area contributed by atoms with Crippen LogP contribution in [-0.2, 0) is 14.9 Å². The highest BCUT2D eigenvalue weighted by Crippen LogP contribution is 2.22. The number of carbonyl (C=O) groups excluding carboxylic acids is 2. The van der Waals surface area contributed by atoms with E-state index in [1.54, 1.807) is 24.3 Å². The fraction of sp³-hybridized carbons (Fsp3) is 0.500. The summed E-state index contributed by atoms with van der Waals surface area (Å²) in [5.41, 5.74) is 0.611. The first-order valence-electron chi connectivity index (χ1n) is 8.27. The third-order valence-electron chi connectivity index (χ3n) is 4.36. The van der Waals surface area contributed by atoms with E-state index in [-0.39, 0.29) is 13.2 Å². The van der Waals surface area contributed by atoms with Crippen LogP contribution in [0.25, 0.3) is 0 Å². The van der Waals surface area contributed by atoms with E-state index in [2.05, 4.69) is 9.79 Å². The minimum absolute atomic E-state index is 0.211. The third-order valence-corrected chi connectivity index (χ3v) is 5.45. The molecule has 0 saturated carbocycles. The highest BCUT2D eigenvalue weighted by molar-refractivity contribution is 7.89. The molecule has 0 spiro atoms. The van der Waals surface area contributed by atoms with Crippen LogP contribution >= 0.6 is 0 Å². The van der Waals surface area contributed by atoms with Crippen molar-refractivity contribution in [3.8, 4) is 0 Å². The van der Waals surface area contributed by atoms with Gasteiger partial charge in [0.25, 0.3) is 11.8 Å². The summed E-state index contributed by atoms with van der Waals surface area (Å²) in [4.78, 5) is 34.6. The lowest BCUT2D eigenvalue weighted by Crippen LogP contribution is -2.38. The van der Waals surface area contributed by atoms with Gasteiger partial charge in [0.2, 0.25) is 10.0 Å². The Morgan fingerprint density at radius 1 is 1.00 bits per heavy atom. The predicted octanol–water partition coefficient (Wildman–Crippen LogP) is 0.229. The number of hydrogen-bond donors (Lipinski definition) is 1. The SMILES string of the molecule is O=C1c2ccccc2C(=O)N1CCS(=O)(=O)NOCCN1CCCC1. The topological polar surface area (TPSA) is 96.0 Å². The lowest BCUT2D eigenvalue weighted by Gasteiger charge is -2.16. The molecule has 0 aliphatic carbocycles. The maximum absolute atomic E-state index is 12.2. The van der Waals surface area contributed by atoms with E-state index in [0.717, 1.165) is 30.8 Å². The molecule has 25 heavy (non-hydrogen) atoms. The van der Waals surface area contributed by atoms with Crippen molar-refractivity contribution < 1.29 is 22.8 Å². The van der Waals surface area contributed by atoms with Crippen molar-refractivity contribution in [1.82, 2.24) is 14.7 Å². The molecule has 1 aromatic carbocycles. The molecule has 9 heteroatoms. The van der Waals surface area contributed by atoms with Gasteiger partial charge in [-0.05, 0) is 38.1 Å². The fourth-order valence-electron chi connectivity index (χ4n) is 3.01. The Hall–Kier alpha value is -1.81. The maximum atomic E-state index is 12.2. The molecule has 0 bridgehead atoms. The summed E-state index contributed by atoms with van der Waals surface area (Å²) >= 11 is 0. The van der Waals surface area contributed by atoms with Crippen molar-refractivity contribution in [1.29, 1.82) is 0 Å². The summed E-state index contributed by atoms with van der Waals surface area (Å²) in [5, 5.41) is 0. The second-order valence-electron chi connectivity index (χ2n) is 6.11. The molecule has 0 unspecified atom stereocenters. The Morgan fingerprint density at radius 3 is 2.20 bits per heavy atom. The van der Waals surface area contributed by atoms with Crippen LogP contribution in [0.5, 0.6) is 0 Å². The summed E-state index contributed by atoms with van der Waals surface area (Å²) in [6, 6.07) is 6.45. The van der Waals surface area contributed by atoms with Crippen molar-refractivity contribution in [2.45, 2.75) is 12.8 Å². The lowest BCUT2D eigenvalue weighted by molar-refractivity contribution is 0.0657. The zero-order chi connectivity index (χ0) is 17.9. The first-order chi connectivity index (χ1) is 12.0. The van der Waals surface area contributed by atoms with Crippen molar-refractivity contribution in [2.75, 3.05) is 38.5 Å². The summed E-state index contributed by atoms with van der Waals surface area (Å²) in [6.07, 6.45) is 2.32. The second-order valence-corrected chi connectivity index (χ2v) is 7.91. The van der Waals surface area contributed by atoms with Gasteiger partial charge >= 0.3 is 0 Å². The van der Waals surface area contributed by atoms with Gasteiger partial charge in [0.15, 0.2) is 0 Å². The number of sulfonamides is 1. The number of likely N-dealkylation sites (tertiary alicyclic amines) is 1. The molecular formula is C16H21N3O5S. The van der Waals surface area contributed by atoms with Crippen LogP contribution < -0.4 is 4.89 Å². The van der Waals surface area contributed by atoms with Crippen molar-refractivity contribution in [2.24, 2.45) is 0 Å². The fourth-order valence-corrected chi connectivity index (χ4v) is 3.78. The van der Waals surface area contributed by atoms with Crippen molar-refractivity contribution in [3.05, 3.63) is 35.4 Å². The van der Waals surface area contributed by atoms with Gasteiger partial charge in [0.1, 0.15) is 0 Å². The summed E-state index contributed by atoms with van der Waals surface area (Å²) < 4.78 is 23.9. The van der Waals surface area contributed by atoms with Gasteiger partial charge in [-0.1, -0.05) is 17.0 Å². The lowest BCUT2D eigenvalue weighted by atomic mass is 10.1. The molecule has 1 aromatic rings. The van der Waals surface area contributed by atoms with E-state index in [9.17, 15) is 18.0 Å². The molecule has 2 heterocycles. The molecule has 8 nitrogen and oxygen atoms in total. The Kier molecular flexibility index (Phi) is 5.48. The highest BCUT2D eigenvalue weighted by atomic mass is 32.2. The largest absolute Gasteiger partial charge is 0.301 e. The quantitative estimate of drug-likeness (QED) is 0.401. The Balaban J connectivity index is 1.46. The van der Waals surface area contributed by atoms with Gasteiger partial charge in [0.05, 0.1) is 23.5 Å². The van der Waals surface area contributed by atoms with Gasteiger partial charge in [-0.3, -0.25) is 19.3 Å². The molecule has 1 fully saturated rings. The monoisotopic (exact) mass is 367 g/mol. The van der Waals surface area contributed by atoms with Crippen LogP contribution in [0, 0.1) is 0 Å². The first kappa shape index (κ1) is 18.0. The van der Waals surface area contributed by atoms with E-state index >= 15 is 0 Å². The number of fused-ring (bicyclic) bond motifs is 1. The number of benzene rings is 1. The predicted molar refractivity (Wildman–Crippen MR) is 90.4 cm³/mol. The standard InChI is InChI=1S/C16H21N3O5S/c20-15-13-5-1-2-6-14(13)16(21)19(15)10-12-25(22,23)17-24-11-9-18-7-3-4-8-18/h1-2,5-6,17H,3-4,7-12H2. The van der Waals surface area contributed by atoms with E-state index in [1.807, 2.05) is 0 Å². The molecule has 2 amide bonds. The molecular weight excluding hydrogens is 346 g/mol. The number of nitrogens with one attached hydrogen (secondary N) is 1. The zero-order valence-corrected chi connectivity index (χ0v) is 14.6. The number of carbonyl (C=O) groups is 2. The third kappa shape index (κ3) is 4.24. The molecule has 2 aliphatic heterocycles. The number of rotatable bonds is 8. The Morgan fingerprint density at radius 2 is 1.60 bits per heavy atom. The minimum atomic E-state index is -3.74. The van der Waals surface area contributed by atoms with Crippen molar-refractivity contribution in [3.63, 3.8) is 0 Å². The van der Waals surface area contributed by atoms with Gasteiger partial charge in [-0.2, -0.15) is 0 Å². The molecule has 0 atom stereocenters. The summed E-state index contributed by atoms with van der Waals surface area (Å²) in [5.74, 6) is -1.33. The Bertz CT molecular complexity index is 724. The zero-order valence-electron chi connectivity index (χ0n) is 13.8. The number of hydrogen-bond acceptors (Lipinski definition) is 6. The molecule has 136 valence electrons. The molecule has 1 N–H and O–H groups in total. The normalized spacial score (nSPS) is 18.2. The van der Waals surface area contributed by atoms with E-state index in [0.29, 0.717) is 17.7 Å². The van der Waals surface area contributed by atoms with Crippen LogP contribution in [0.1, 0.15) is 33.6 Å². The van der Waals surface area contributed by atoms with Gasteiger partial charge in [0, 0.05) is 13.1 Å². The number of nitrogens with zero attached hydrogens (tertiary/aromatic N) is 2. The van der Waals surface area contributed by atoms with Crippen LogP contribution in [0.4, 0.5) is 0 Å². The van der Waals surface area contributed by atoms with Crippen LogP contribution in [0.2, 0.25) is 0 Å². The maximum Gasteiger partial charge on any atom is 0.261 e. The van der Waals surface area contributed by atoms with Gasteiger partial charge < -0.3 is 4.90 Å². The summed E-state index contributed by atoms with van der Waals surface area (Å²) in [7, 11) is -3.74. The smallest absolute Gasteiger partial charge is 0.261 e. The first-order valence-corrected chi connectivity index (χ1v) is 9.92. The van der Waals surface area contributed by atoms with Gasteiger partial charge in [-0.25, -0.2) is 8.42 Å². The van der Waals surface area contributed by atoms with Crippen LogP contribution in [-0.4, -0.2) is 68.6 Å². The highest BCUT2D eigenvalue weighted by Gasteiger charge is 2.35. The molecule has 2 aliphatic rings.